The minimum Gasteiger partial charge on any atom is -0.493 e. The Morgan fingerprint density at radius 3 is 2.40 bits per heavy atom. The number of carbonyl (C=O) groups excluding carboxylic acids is 2. The van der Waals surface area contributed by atoms with Crippen LogP contribution in [0.3, 0.4) is 0 Å². The van der Waals surface area contributed by atoms with Crippen molar-refractivity contribution < 1.29 is 19.1 Å². The molecule has 25 heavy (non-hydrogen) atoms. The van der Waals surface area contributed by atoms with Crippen LogP contribution in [0.4, 0.5) is 4.79 Å². The zero-order valence-corrected chi connectivity index (χ0v) is 15.3. The summed E-state index contributed by atoms with van der Waals surface area (Å²) in [6.07, 6.45) is 0.822. The number of nitrogens with one attached hydrogen (secondary N) is 2. The van der Waals surface area contributed by atoms with E-state index in [0.717, 1.165) is 18.5 Å². The van der Waals surface area contributed by atoms with Crippen LogP contribution >= 0.6 is 0 Å². The van der Waals surface area contributed by atoms with Crippen LogP contribution in [0.15, 0.2) is 12.1 Å². The quantitative estimate of drug-likeness (QED) is 0.814. The van der Waals surface area contributed by atoms with E-state index in [1.54, 1.807) is 14.2 Å². The smallest absolute Gasteiger partial charge is 0.321 e. The van der Waals surface area contributed by atoms with Gasteiger partial charge in [0.25, 0.3) is 0 Å². The molecule has 0 bridgehead atoms. The van der Waals surface area contributed by atoms with Crippen molar-refractivity contribution in [1.82, 2.24) is 15.5 Å². The minimum atomic E-state index is -0.442. The molecule has 7 heteroatoms. The van der Waals surface area contributed by atoms with Crippen molar-refractivity contribution in [1.29, 1.82) is 0 Å². The van der Waals surface area contributed by atoms with Crippen molar-refractivity contribution in [2.75, 3.05) is 33.9 Å². The van der Waals surface area contributed by atoms with Gasteiger partial charge in [0.05, 0.1) is 20.8 Å². The molecule has 7 nitrogen and oxygen atoms in total. The van der Waals surface area contributed by atoms with Crippen LogP contribution in [0.1, 0.15) is 25.0 Å². The van der Waals surface area contributed by atoms with Crippen LogP contribution in [-0.4, -0.2) is 50.7 Å². The van der Waals surface area contributed by atoms with Gasteiger partial charge in [0, 0.05) is 19.6 Å². The first-order valence-corrected chi connectivity index (χ1v) is 8.46. The molecule has 0 fully saturated rings. The highest BCUT2D eigenvalue weighted by atomic mass is 16.5. The average Bonchev–Trinajstić information content (AvgIpc) is 2.58. The van der Waals surface area contributed by atoms with Crippen LogP contribution < -0.4 is 20.1 Å². The lowest BCUT2D eigenvalue weighted by atomic mass is 9.99. The number of ether oxygens (including phenoxy) is 2. The number of carbonyl (C=O) groups is 2. The second-order valence-electron chi connectivity index (χ2n) is 6.59. The van der Waals surface area contributed by atoms with Crippen LogP contribution in [0, 0.1) is 5.92 Å². The first-order chi connectivity index (χ1) is 11.9. The molecule has 2 N–H and O–H groups in total. The van der Waals surface area contributed by atoms with E-state index in [2.05, 4.69) is 10.6 Å². The number of amides is 3. The summed E-state index contributed by atoms with van der Waals surface area (Å²) in [7, 11) is 3.22. The maximum absolute atomic E-state index is 12.0. The Morgan fingerprint density at radius 1 is 1.16 bits per heavy atom. The number of hydrogen-bond acceptors (Lipinski definition) is 5. The average molecular weight is 349 g/mol. The molecule has 0 aromatic heterocycles. The van der Waals surface area contributed by atoms with Gasteiger partial charge in [0.1, 0.15) is 0 Å². The van der Waals surface area contributed by atoms with E-state index in [9.17, 15) is 9.59 Å². The van der Waals surface area contributed by atoms with Gasteiger partial charge >= 0.3 is 6.03 Å². The third-order valence-electron chi connectivity index (χ3n) is 4.09. The van der Waals surface area contributed by atoms with Gasteiger partial charge in [-0.2, -0.15) is 0 Å². The fourth-order valence-corrected chi connectivity index (χ4v) is 2.79. The zero-order valence-electron chi connectivity index (χ0n) is 15.3. The Hall–Kier alpha value is -2.28. The van der Waals surface area contributed by atoms with E-state index in [4.69, 9.17) is 9.47 Å². The van der Waals surface area contributed by atoms with E-state index in [-0.39, 0.29) is 12.5 Å². The summed E-state index contributed by atoms with van der Waals surface area (Å²) < 4.78 is 10.7. The highest BCUT2D eigenvalue weighted by molar-refractivity contribution is 5.95. The molecule has 0 saturated heterocycles. The van der Waals surface area contributed by atoms with Crippen molar-refractivity contribution in [3.05, 3.63) is 23.3 Å². The molecular weight excluding hydrogens is 322 g/mol. The second kappa shape index (κ2) is 8.71. The fraction of sp³-hybridized carbons (Fsp3) is 0.556. The predicted molar refractivity (Wildman–Crippen MR) is 94.9 cm³/mol. The van der Waals surface area contributed by atoms with Gasteiger partial charge in [0.15, 0.2) is 11.5 Å². The molecule has 3 amide bonds. The molecule has 1 aromatic rings. The molecule has 1 aliphatic rings. The number of methoxy groups -OCH3 is 2. The summed E-state index contributed by atoms with van der Waals surface area (Å²) in [5, 5.41) is 5.05. The first-order valence-electron chi connectivity index (χ1n) is 8.46. The van der Waals surface area contributed by atoms with Crippen molar-refractivity contribution in [3.8, 4) is 11.5 Å². The lowest BCUT2D eigenvalue weighted by Gasteiger charge is -2.28. The topological polar surface area (TPSA) is 79.9 Å². The van der Waals surface area contributed by atoms with Crippen LogP contribution in [0.25, 0.3) is 0 Å². The van der Waals surface area contributed by atoms with Gasteiger partial charge in [-0.15, -0.1) is 0 Å². The van der Waals surface area contributed by atoms with E-state index in [1.807, 2.05) is 30.9 Å². The molecule has 1 aromatic carbocycles. The lowest BCUT2D eigenvalue weighted by molar-refractivity contribution is -0.121. The zero-order chi connectivity index (χ0) is 18.4. The molecule has 0 spiro atoms. The summed E-state index contributed by atoms with van der Waals surface area (Å²) in [6, 6.07) is 3.50. The van der Waals surface area contributed by atoms with Crippen molar-refractivity contribution in [2.24, 2.45) is 5.92 Å². The highest BCUT2D eigenvalue weighted by Gasteiger charge is 2.21. The number of imide groups is 1. The van der Waals surface area contributed by atoms with Gasteiger partial charge in [-0.05, 0) is 35.6 Å². The molecule has 2 rings (SSSR count). The summed E-state index contributed by atoms with van der Waals surface area (Å²) in [4.78, 5) is 25.7. The Balaban J connectivity index is 1.92. The Morgan fingerprint density at radius 2 is 1.80 bits per heavy atom. The Labute approximate surface area is 148 Å². The lowest BCUT2D eigenvalue weighted by Crippen LogP contribution is -2.46. The number of urea groups is 1. The molecule has 138 valence electrons. The maximum Gasteiger partial charge on any atom is 0.321 e. The SMILES string of the molecule is COc1cc2c(cc1OC)CN(CC(=O)NC(=O)NCC(C)C)CC2. The standard InChI is InChI=1S/C18H27N3O4/c1-12(2)9-19-18(23)20-17(22)11-21-6-5-13-7-15(24-3)16(25-4)8-14(13)10-21/h7-8,12H,5-6,9-11H2,1-4H3,(H2,19,20,22,23). The number of rotatable bonds is 6. The van der Waals surface area contributed by atoms with Gasteiger partial charge in [-0.25, -0.2) is 4.79 Å². The molecule has 0 aliphatic carbocycles. The van der Waals surface area contributed by atoms with Crippen molar-refractivity contribution in [3.63, 3.8) is 0 Å². The van der Waals surface area contributed by atoms with E-state index in [1.165, 1.54) is 5.56 Å². The predicted octanol–water partition coefficient (Wildman–Crippen LogP) is 1.54. The van der Waals surface area contributed by atoms with Crippen molar-refractivity contribution >= 4 is 11.9 Å². The van der Waals surface area contributed by atoms with E-state index >= 15 is 0 Å². The monoisotopic (exact) mass is 349 g/mol. The van der Waals surface area contributed by atoms with Crippen molar-refractivity contribution in [2.45, 2.75) is 26.8 Å². The Kier molecular flexibility index (Phi) is 6.64. The number of benzene rings is 1. The number of hydrogen-bond donors (Lipinski definition) is 2. The molecule has 1 heterocycles. The van der Waals surface area contributed by atoms with Gasteiger partial charge in [-0.3, -0.25) is 15.0 Å². The summed E-state index contributed by atoms with van der Waals surface area (Å²) in [5.41, 5.74) is 2.31. The van der Waals surface area contributed by atoms with Crippen LogP contribution in [0.2, 0.25) is 0 Å². The summed E-state index contributed by atoms with van der Waals surface area (Å²) >= 11 is 0. The summed E-state index contributed by atoms with van der Waals surface area (Å²) in [6.45, 7) is 6.11. The molecule has 0 radical (unpaired) electrons. The Bertz CT molecular complexity index is 631. The molecule has 0 atom stereocenters. The van der Waals surface area contributed by atoms with E-state index < -0.39 is 6.03 Å². The molecule has 1 aliphatic heterocycles. The van der Waals surface area contributed by atoms with Gasteiger partial charge in [-0.1, -0.05) is 13.8 Å². The van der Waals surface area contributed by atoms with Crippen LogP contribution in [0.5, 0.6) is 11.5 Å². The maximum atomic E-state index is 12.0. The normalized spacial score (nSPS) is 14.0. The molecule has 0 saturated carbocycles. The first kappa shape index (κ1) is 19.1. The second-order valence-corrected chi connectivity index (χ2v) is 6.59. The minimum absolute atomic E-state index is 0.183. The summed E-state index contributed by atoms with van der Waals surface area (Å²) in [5.74, 6) is 1.44. The third kappa shape index (κ3) is 5.35. The van der Waals surface area contributed by atoms with Gasteiger partial charge in [0.2, 0.25) is 5.91 Å². The van der Waals surface area contributed by atoms with E-state index in [0.29, 0.717) is 30.5 Å². The molecular formula is C18H27N3O4. The van der Waals surface area contributed by atoms with Gasteiger partial charge < -0.3 is 14.8 Å². The highest BCUT2D eigenvalue weighted by Crippen LogP contribution is 2.33. The molecule has 0 unspecified atom stereocenters. The third-order valence-corrected chi connectivity index (χ3v) is 4.09. The number of fused-ring (bicyclic) bond motifs is 1. The fourth-order valence-electron chi connectivity index (χ4n) is 2.79. The van der Waals surface area contributed by atoms with Crippen LogP contribution in [-0.2, 0) is 17.8 Å². The number of nitrogens with zero attached hydrogens (tertiary/aromatic N) is 1. The largest absolute Gasteiger partial charge is 0.493 e.